The lowest BCUT2D eigenvalue weighted by Crippen LogP contribution is -2.41. The molecule has 8 nitrogen and oxygen atoms in total. The van der Waals surface area contributed by atoms with E-state index in [2.05, 4.69) is 0 Å². The van der Waals surface area contributed by atoms with E-state index in [-0.39, 0.29) is 29.8 Å². The number of hydrogen-bond donors (Lipinski definition) is 1. The smallest absolute Gasteiger partial charge is 0.410 e. The van der Waals surface area contributed by atoms with E-state index in [0.717, 1.165) is 25.7 Å². The molecule has 2 amide bonds. The van der Waals surface area contributed by atoms with Crippen molar-refractivity contribution in [2.24, 2.45) is 5.73 Å². The van der Waals surface area contributed by atoms with Gasteiger partial charge < -0.3 is 24.7 Å². The number of carbonyl (C=O) groups excluding carboxylic acids is 2. The van der Waals surface area contributed by atoms with Crippen molar-refractivity contribution in [2.45, 2.75) is 70.7 Å². The van der Waals surface area contributed by atoms with E-state index in [9.17, 15) is 14.4 Å². The van der Waals surface area contributed by atoms with E-state index in [0.29, 0.717) is 18.7 Å². The van der Waals surface area contributed by atoms with Crippen molar-refractivity contribution in [1.82, 2.24) is 9.47 Å². The quantitative estimate of drug-likeness (QED) is 0.801. The SMILES string of the molecule is CC(C)(C)OC(=O)N(Cc1cc(C(N)=O)c(=O)n(C2CC2)c1)C[C@@H]1CCCO1. The monoisotopic (exact) mass is 391 g/mol. The number of primary amides is 1. The van der Waals surface area contributed by atoms with E-state index in [4.69, 9.17) is 15.2 Å². The number of carbonyl (C=O) groups is 2. The zero-order chi connectivity index (χ0) is 20.5. The Morgan fingerprint density at radius 3 is 2.57 bits per heavy atom. The molecule has 154 valence electrons. The molecule has 0 spiro atoms. The summed E-state index contributed by atoms with van der Waals surface area (Å²) < 4.78 is 12.8. The Bertz CT molecular complexity index is 801. The van der Waals surface area contributed by atoms with Crippen molar-refractivity contribution in [3.63, 3.8) is 0 Å². The van der Waals surface area contributed by atoms with Gasteiger partial charge in [0.15, 0.2) is 0 Å². The Labute approximate surface area is 164 Å². The van der Waals surface area contributed by atoms with Crippen LogP contribution in [0.4, 0.5) is 4.79 Å². The lowest BCUT2D eigenvalue weighted by atomic mass is 10.1. The van der Waals surface area contributed by atoms with Crippen LogP contribution in [0.1, 0.15) is 68.4 Å². The van der Waals surface area contributed by atoms with Gasteiger partial charge in [0.1, 0.15) is 11.2 Å². The minimum atomic E-state index is -0.760. The van der Waals surface area contributed by atoms with Gasteiger partial charge in [-0.1, -0.05) is 0 Å². The van der Waals surface area contributed by atoms with Crippen LogP contribution in [0.25, 0.3) is 0 Å². The zero-order valence-electron chi connectivity index (χ0n) is 16.8. The van der Waals surface area contributed by atoms with E-state index in [1.807, 2.05) is 20.8 Å². The molecule has 2 N–H and O–H groups in total. The van der Waals surface area contributed by atoms with Crippen LogP contribution >= 0.6 is 0 Å². The van der Waals surface area contributed by atoms with Crippen molar-refractivity contribution in [3.05, 3.63) is 33.7 Å². The third-order valence-electron chi connectivity index (χ3n) is 4.78. The first-order chi connectivity index (χ1) is 13.1. The Kier molecular flexibility index (Phi) is 5.79. The molecule has 2 heterocycles. The lowest BCUT2D eigenvalue weighted by Gasteiger charge is -2.29. The Hall–Kier alpha value is -2.35. The maximum Gasteiger partial charge on any atom is 0.410 e. The predicted octanol–water partition coefficient (Wildman–Crippen LogP) is 2.20. The van der Waals surface area contributed by atoms with Crippen LogP contribution in [-0.2, 0) is 16.0 Å². The first kappa shape index (κ1) is 20.4. The normalized spacial score (nSPS) is 19.5. The number of aromatic nitrogens is 1. The fourth-order valence-corrected chi connectivity index (χ4v) is 3.33. The van der Waals surface area contributed by atoms with Crippen molar-refractivity contribution >= 4 is 12.0 Å². The van der Waals surface area contributed by atoms with Gasteiger partial charge in [-0.05, 0) is 58.1 Å². The number of pyridine rings is 1. The molecule has 28 heavy (non-hydrogen) atoms. The van der Waals surface area contributed by atoms with E-state index < -0.39 is 17.6 Å². The van der Waals surface area contributed by atoms with Gasteiger partial charge >= 0.3 is 6.09 Å². The van der Waals surface area contributed by atoms with Gasteiger partial charge in [-0.15, -0.1) is 0 Å². The summed E-state index contributed by atoms with van der Waals surface area (Å²) in [6, 6.07) is 1.58. The van der Waals surface area contributed by atoms with Crippen LogP contribution < -0.4 is 11.3 Å². The number of amides is 2. The van der Waals surface area contributed by atoms with Gasteiger partial charge in [0.25, 0.3) is 11.5 Å². The van der Waals surface area contributed by atoms with Crippen LogP contribution in [0.3, 0.4) is 0 Å². The first-order valence-corrected chi connectivity index (χ1v) is 9.78. The molecule has 1 saturated heterocycles. The summed E-state index contributed by atoms with van der Waals surface area (Å²) in [5.41, 5.74) is 5.02. The van der Waals surface area contributed by atoms with E-state index in [1.165, 1.54) is 6.07 Å². The van der Waals surface area contributed by atoms with Gasteiger partial charge in [-0.2, -0.15) is 0 Å². The molecular formula is C20H29N3O5. The fourth-order valence-electron chi connectivity index (χ4n) is 3.33. The summed E-state index contributed by atoms with van der Waals surface area (Å²) in [5, 5.41) is 0. The van der Waals surface area contributed by atoms with Crippen LogP contribution in [-0.4, -0.2) is 46.3 Å². The molecule has 0 radical (unpaired) electrons. The number of rotatable bonds is 6. The van der Waals surface area contributed by atoms with Crippen molar-refractivity contribution in [3.8, 4) is 0 Å². The van der Waals surface area contributed by atoms with Gasteiger partial charge in [0.05, 0.1) is 19.2 Å². The van der Waals surface area contributed by atoms with Crippen LogP contribution in [0.2, 0.25) is 0 Å². The summed E-state index contributed by atoms with van der Waals surface area (Å²) in [4.78, 5) is 38.5. The molecule has 1 aliphatic carbocycles. The van der Waals surface area contributed by atoms with Crippen molar-refractivity contribution < 1.29 is 19.1 Å². The maximum atomic E-state index is 12.8. The molecule has 3 rings (SSSR count). The minimum Gasteiger partial charge on any atom is -0.444 e. The summed E-state index contributed by atoms with van der Waals surface area (Å²) in [5.74, 6) is -0.760. The van der Waals surface area contributed by atoms with Crippen molar-refractivity contribution in [2.75, 3.05) is 13.2 Å². The number of hydrogen-bond acceptors (Lipinski definition) is 5. The second-order valence-corrected chi connectivity index (χ2v) is 8.57. The highest BCUT2D eigenvalue weighted by Crippen LogP contribution is 2.33. The molecule has 2 fully saturated rings. The third-order valence-corrected chi connectivity index (χ3v) is 4.78. The molecule has 0 aromatic carbocycles. The van der Waals surface area contributed by atoms with Gasteiger partial charge in [-0.25, -0.2) is 4.79 Å². The fraction of sp³-hybridized carbons (Fsp3) is 0.650. The Balaban J connectivity index is 1.87. The molecule has 0 bridgehead atoms. The molecule has 1 saturated carbocycles. The highest BCUT2D eigenvalue weighted by molar-refractivity contribution is 5.92. The van der Waals surface area contributed by atoms with Gasteiger partial charge in [0.2, 0.25) is 0 Å². The third kappa shape index (κ3) is 5.13. The number of nitrogens with two attached hydrogens (primary N) is 1. The maximum absolute atomic E-state index is 12.8. The van der Waals surface area contributed by atoms with E-state index in [1.54, 1.807) is 15.7 Å². The summed E-state index contributed by atoms with van der Waals surface area (Å²) in [6.45, 7) is 6.73. The largest absolute Gasteiger partial charge is 0.444 e. The van der Waals surface area contributed by atoms with Crippen LogP contribution in [0.15, 0.2) is 17.1 Å². The Morgan fingerprint density at radius 2 is 2.04 bits per heavy atom. The average molecular weight is 391 g/mol. The molecule has 2 aliphatic rings. The highest BCUT2D eigenvalue weighted by Gasteiger charge is 2.29. The predicted molar refractivity (Wildman–Crippen MR) is 103 cm³/mol. The molecule has 1 aromatic heterocycles. The Morgan fingerprint density at radius 1 is 1.32 bits per heavy atom. The molecule has 1 atom stereocenters. The number of ether oxygens (including phenoxy) is 2. The molecule has 0 unspecified atom stereocenters. The lowest BCUT2D eigenvalue weighted by molar-refractivity contribution is 0.00855. The zero-order valence-corrected chi connectivity index (χ0v) is 16.8. The average Bonchev–Trinajstić information content (AvgIpc) is 3.30. The van der Waals surface area contributed by atoms with Crippen LogP contribution in [0.5, 0.6) is 0 Å². The van der Waals surface area contributed by atoms with E-state index >= 15 is 0 Å². The molecule has 1 aliphatic heterocycles. The second kappa shape index (κ2) is 7.95. The second-order valence-electron chi connectivity index (χ2n) is 8.57. The first-order valence-electron chi connectivity index (χ1n) is 9.78. The number of nitrogens with zero attached hydrogens (tertiary/aromatic N) is 2. The van der Waals surface area contributed by atoms with Gasteiger partial charge in [-0.3, -0.25) is 9.59 Å². The minimum absolute atomic E-state index is 0.0440. The van der Waals surface area contributed by atoms with Gasteiger partial charge in [0, 0.05) is 18.8 Å². The standard InChI is InChI=1S/C20H29N3O5/c1-20(2,3)28-19(26)22(12-15-5-4-8-27-15)10-13-9-16(17(21)24)18(25)23(11-13)14-6-7-14/h9,11,14-15H,4-8,10,12H2,1-3H3,(H2,21,24)/t15-/m0/s1. The molecular weight excluding hydrogens is 362 g/mol. The summed E-state index contributed by atoms with van der Waals surface area (Å²) >= 11 is 0. The molecule has 8 heteroatoms. The topological polar surface area (TPSA) is 104 Å². The highest BCUT2D eigenvalue weighted by atomic mass is 16.6. The summed E-state index contributed by atoms with van der Waals surface area (Å²) in [7, 11) is 0. The molecule has 1 aromatic rings. The van der Waals surface area contributed by atoms with Crippen molar-refractivity contribution in [1.29, 1.82) is 0 Å². The van der Waals surface area contributed by atoms with Crippen LogP contribution in [0, 0.1) is 0 Å². The summed E-state index contributed by atoms with van der Waals surface area (Å²) in [6.07, 6.45) is 4.86.